The van der Waals surface area contributed by atoms with E-state index < -0.39 is 17.6 Å². The van der Waals surface area contributed by atoms with Crippen molar-refractivity contribution >= 4 is 35.0 Å². The maximum atomic E-state index is 13.2. The third-order valence-electron chi connectivity index (χ3n) is 4.32. The summed E-state index contributed by atoms with van der Waals surface area (Å²) in [5.74, 6) is 6.07. The van der Waals surface area contributed by atoms with Gasteiger partial charge in [-0.15, -0.1) is 10.2 Å². The average molecular weight is 486 g/mol. The molecule has 0 aliphatic rings. The first-order valence-electron chi connectivity index (χ1n) is 9.23. The predicted octanol–water partition coefficient (Wildman–Crippen LogP) is 4.59. The highest BCUT2D eigenvalue weighted by Crippen LogP contribution is 2.36. The fraction of sp³-hybridized carbons (Fsp3) is 0.250. The molecule has 3 aromatic rings. The molecule has 7 nitrogen and oxygen atoms in total. The van der Waals surface area contributed by atoms with Crippen molar-refractivity contribution in [2.75, 3.05) is 16.9 Å². The molecule has 0 saturated carbocycles. The second kappa shape index (κ2) is 9.70. The summed E-state index contributed by atoms with van der Waals surface area (Å²) in [5, 5.41) is 10.2. The summed E-state index contributed by atoms with van der Waals surface area (Å²) in [7, 11) is 0. The van der Waals surface area contributed by atoms with Crippen LogP contribution in [-0.4, -0.2) is 26.5 Å². The van der Waals surface area contributed by atoms with Gasteiger partial charge < -0.3 is 15.9 Å². The lowest BCUT2D eigenvalue weighted by Gasteiger charge is -2.14. The molecule has 0 aliphatic heterocycles. The van der Waals surface area contributed by atoms with E-state index in [4.69, 9.17) is 22.2 Å². The lowest BCUT2D eigenvalue weighted by atomic mass is 10.1. The van der Waals surface area contributed by atoms with Crippen LogP contribution >= 0.6 is 23.4 Å². The molecule has 0 spiro atoms. The van der Waals surface area contributed by atoms with Gasteiger partial charge in [-0.05, 0) is 43.7 Å². The Balaban J connectivity index is 1.60. The van der Waals surface area contributed by atoms with Crippen LogP contribution in [0.15, 0.2) is 41.6 Å². The molecule has 170 valence electrons. The van der Waals surface area contributed by atoms with E-state index >= 15 is 0 Å². The Hall–Kier alpha value is -2.92. The summed E-state index contributed by atoms with van der Waals surface area (Å²) in [6.07, 6.45) is -4.66. The fourth-order valence-electron chi connectivity index (χ4n) is 2.78. The van der Waals surface area contributed by atoms with E-state index in [0.717, 1.165) is 35.0 Å². The Morgan fingerprint density at radius 3 is 2.66 bits per heavy atom. The van der Waals surface area contributed by atoms with E-state index in [1.54, 1.807) is 0 Å². The van der Waals surface area contributed by atoms with E-state index in [2.05, 4.69) is 15.5 Å². The van der Waals surface area contributed by atoms with E-state index in [1.165, 1.54) is 10.7 Å². The van der Waals surface area contributed by atoms with Gasteiger partial charge in [0.05, 0.1) is 17.0 Å². The molecule has 1 aromatic heterocycles. The number of ether oxygens (including phenoxy) is 1. The Bertz CT molecular complexity index is 1140. The predicted molar refractivity (Wildman–Crippen MR) is 116 cm³/mol. The molecule has 0 radical (unpaired) electrons. The SMILES string of the molecule is Cc1ccc(OCc2nnc(SCC(=O)Nc3ccc(Cl)cc3C(F)(F)F)n2N)c(C)c1. The van der Waals surface area contributed by atoms with Crippen LogP contribution < -0.4 is 15.9 Å². The largest absolute Gasteiger partial charge is 0.485 e. The average Bonchev–Trinajstić information content (AvgIpc) is 3.06. The lowest BCUT2D eigenvalue weighted by molar-refractivity contribution is -0.137. The van der Waals surface area contributed by atoms with Crippen molar-refractivity contribution in [1.29, 1.82) is 0 Å². The molecule has 1 heterocycles. The van der Waals surface area contributed by atoms with Gasteiger partial charge in [0.15, 0.2) is 5.82 Å². The second-order valence-electron chi connectivity index (χ2n) is 6.85. The van der Waals surface area contributed by atoms with Crippen molar-refractivity contribution in [1.82, 2.24) is 14.9 Å². The summed E-state index contributed by atoms with van der Waals surface area (Å²) >= 11 is 6.57. The van der Waals surface area contributed by atoms with Gasteiger partial charge in [0.25, 0.3) is 0 Å². The molecule has 12 heteroatoms. The van der Waals surface area contributed by atoms with Gasteiger partial charge >= 0.3 is 6.18 Å². The van der Waals surface area contributed by atoms with Crippen molar-refractivity contribution in [3.05, 3.63) is 63.9 Å². The summed E-state index contributed by atoms with van der Waals surface area (Å²) in [6, 6.07) is 8.85. The highest BCUT2D eigenvalue weighted by atomic mass is 35.5. The number of halogens is 4. The number of nitrogens with zero attached hydrogens (tertiary/aromatic N) is 3. The maximum Gasteiger partial charge on any atom is 0.418 e. The van der Waals surface area contributed by atoms with Crippen molar-refractivity contribution < 1.29 is 22.7 Å². The standard InChI is InChI=1S/C20H19ClF3N5O2S/c1-11-3-6-16(12(2)7-11)31-9-17-27-28-19(29(17)25)32-10-18(30)26-15-5-4-13(21)8-14(15)20(22,23)24/h3-8H,9-10,25H2,1-2H3,(H,26,30). The van der Waals surface area contributed by atoms with Gasteiger partial charge in [0.1, 0.15) is 12.4 Å². The van der Waals surface area contributed by atoms with Crippen LogP contribution in [0.1, 0.15) is 22.5 Å². The zero-order valence-corrected chi connectivity index (χ0v) is 18.6. The van der Waals surface area contributed by atoms with E-state index in [0.29, 0.717) is 11.6 Å². The molecule has 1 amide bonds. The Kier molecular flexibility index (Phi) is 7.19. The minimum Gasteiger partial charge on any atom is -0.485 e. The van der Waals surface area contributed by atoms with Crippen LogP contribution in [0.2, 0.25) is 5.02 Å². The number of carbonyl (C=O) groups is 1. The van der Waals surface area contributed by atoms with Crippen molar-refractivity contribution in [3.63, 3.8) is 0 Å². The number of thioether (sulfide) groups is 1. The zero-order chi connectivity index (χ0) is 23.5. The van der Waals surface area contributed by atoms with Crippen LogP contribution in [0.5, 0.6) is 5.75 Å². The number of carbonyl (C=O) groups excluding carboxylic acids is 1. The third-order valence-corrected chi connectivity index (χ3v) is 5.49. The number of rotatable bonds is 7. The van der Waals surface area contributed by atoms with Crippen molar-refractivity contribution in [2.45, 2.75) is 31.8 Å². The van der Waals surface area contributed by atoms with Gasteiger partial charge in [-0.25, -0.2) is 4.68 Å². The molecular formula is C20H19ClF3N5O2S. The molecule has 32 heavy (non-hydrogen) atoms. The third kappa shape index (κ3) is 5.86. The molecule has 0 fully saturated rings. The zero-order valence-electron chi connectivity index (χ0n) is 17.0. The number of nitrogens with one attached hydrogen (secondary N) is 1. The Morgan fingerprint density at radius 1 is 1.22 bits per heavy atom. The minimum absolute atomic E-state index is 0.0554. The second-order valence-corrected chi connectivity index (χ2v) is 8.23. The first-order valence-corrected chi connectivity index (χ1v) is 10.6. The van der Waals surface area contributed by atoms with Crippen molar-refractivity contribution in [2.24, 2.45) is 0 Å². The van der Waals surface area contributed by atoms with Crippen molar-refractivity contribution in [3.8, 4) is 5.75 Å². The highest BCUT2D eigenvalue weighted by molar-refractivity contribution is 7.99. The monoisotopic (exact) mass is 485 g/mol. The molecule has 0 saturated heterocycles. The van der Waals surface area contributed by atoms with E-state index in [1.807, 2.05) is 32.0 Å². The number of nitrogens with two attached hydrogens (primary N) is 1. The topological polar surface area (TPSA) is 95.1 Å². The number of hydrogen-bond donors (Lipinski definition) is 2. The molecule has 3 rings (SSSR count). The van der Waals surface area contributed by atoms with Crippen LogP contribution in [0.25, 0.3) is 0 Å². The van der Waals surface area contributed by atoms with Crippen LogP contribution in [0, 0.1) is 13.8 Å². The molecule has 2 aromatic carbocycles. The number of anilines is 1. The molecule has 0 aliphatic carbocycles. The molecule has 0 atom stereocenters. The van der Waals surface area contributed by atoms with Crippen LogP contribution in [0.3, 0.4) is 0 Å². The van der Waals surface area contributed by atoms with Gasteiger partial charge in [0.2, 0.25) is 11.1 Å². The Morgan fingerprint density at radius 2 is 1.97 bits per heavy atom. The minimum atomic E-state index is -4.66. The number of nitrogen functional groups attached to an aromatic ring is 1. The summed E-state index contributed by atoms with van der Waals surface area (Å²) < 4.78 is 46.4. The van der Waals surface area contributed by atoms with Gasteiger partial charge in [-0.2, -0.15) is 13.2 Å². The van der Waals surface area contributed by atoms with Crippen LogP contribution in [0.4, 0.5) is 18.9 Å². The quantitative estimate of drug-likeness (QED) is 0.375. The molecule has 0 unspecified atom stereocenters. The molecular weight excluding hydrogens is 467 g/mol. The summed E-state index contributed by atoms with van der Waals surface area (Å²) in [6.45, 7) is 3.95. The number of amides is 1. The first-order chi connectivity index (χ1) is 15.0. The lowest BCUT2D eigenvalue weighted by Crippen LogP contribution is -2.19. The van der Waals surface area contributed by atoms with Crippen LogP contribution in [-0.2, 0) is 17.6 Å². The normalized spacial score (nSPS) is 11.4. The smallest absolute Gasteiger partial charge is 0.418 e. The Labute approximate surface area is 191 Å². The maximum absolute atomic E-state index is 13.2. The highest BCUT2D eigenvalue weighted by Gasteiger charge is 2.34. The number of alkyl halides is 3. The number of benzene rings is 2. The van der Waals surface area contributed by atoms with Gasteiger partial charge in [-0.3, -0.25) is 4.79 Å². The number of aromatic nitrogens is 3. The van der Waals surface area contributed by atoms with E-state index in [9.17, 15) is 18.0 Å². The molecule has 3 N–H and O–H groups in total. The number of hydrogen-bond acceptors (Lipinski definition) is 6. The summed E-state index contributed by atoms with van der Waals surface area (Å²) in [4.78, 5) is 12.2. The van der Waals surface area contributed by atoms with E-state index in [-0.39, 0.29) is 28.2 Å². The fourth-order valence-corrected chi connectivity index (χ4v) is 3.63. The first kappa shape index (κ1) is 23.7. The number of aryl methyl sites for hydroxylation is 2. The summed E-state index contributed by atoms with van der Waals surface area (Å²) in [5.41, 5.74) is 0.648. The van der Waals surface area contributed by atoms with Gasteiger partial charge in [-0.1, -0.05) is 41.1 Å². The van der Waals surface area contributed by atoms with Gasteiger partial charge in [0, 0.05) is 5.02 Å². The molecule has 0 bridgehead atoms.